The van der Waals surface area contributed by atoms with E-state index in [-0.39, 0.29) is 22.9 Å². The molecule has 0 radical (unpaired) electrons. The summed E-state index contributed by atoms with van der Waals surface area (Å²) in [4.78, 5) is 29.9. The lowest BCUT2D eigenvalue weighted by Gasteiger charge is -2.27. The van der Waals surface area contributed by atoms with Crippen LogP contribution in [0.25, 0.3) is 10.9 Å². The number of nitrogens with zero attached hydrogens (tertiary/aromatic N) is 1. The Balaban J connectivity index is 1.70. The Bertz CT molecular complexity index is 1090. The number of amides is 1. The highest BCUT2D eigenvalue weighted by Crippen LogP contribution is 2.38. The van der Waals surface area contributed by atoms with Crippen LogP contribution in [0.4, 0.5) is 5.69 Å². The predicted octanol–water partition coefficient (Wildman–Crippen LogP) is 4.85. The molecule has 1 aromatic carbocycles. The number of carbonyl (C=O) groups excluding carboxylic acids is 2. The van der Waals surface area contributed by atoms with Crippen molar-refractivity contribution in [2.45, 2.75) is 40.5 Å². The Kier molecular flexibility index (Phi) is 3.91. The van der Waals surface area contributed by atoms with Crippen LogP contribution in [0.15, 0.2) is 34.7 Å². The van der Waals surface area contributed by atoms with Crippen molar-refractivity contribution >= 4 is 28.3 Å². The third kappa shape index (κ3) is 3.03. The summed E-state index contributed by atoms with van der Waals surface area (Å²) < 4.78 is 5.86. The number of pyridine rings is 1. The molecule has 1 aliphatic rings. The number of anilines is 1. The highest BCUT2D eigenvalue weighted by molar-refractivity contribution is 6.10. The summed E-state index contributed by atoms with van der Waals surface area (Å²) in [5.41, 5.74) is 3.46. The number of ketones is 1. The van der Waals surface area contributed by atoms with Gasteiger partial charge in [-0.15, -0.1) is 0 Å². The van der Waals surface area contributed by atoms with Crippen molar-refractivity contribution < 1.29 is 14.0 Å². The number of aromatic nitrogens is 1. The molecule has 0 atom stereocenters. The minimum absolute atomic E-state index is 0.0476. The summed E-state index contributed by atoms with van der Waals surface area (Å²) in [7, 11) is 0. The van der Waals surface area contributed by atoms with Crippen molar-refractivity contribution in [2.24, 2.45) is 5.41 Å². The zero-order valence-corrected chi connectivity index (χ0v) is 16.0. The van der Waals surface area contributed by atoms with Gasteiger partial charge in [-0.1, -0.05) is 19.9 Å². The first-order chi connectivity index (χ1) is 12.7. The van der Waals surface area contributed by atoms with E-state index >= 15 is 0 Å². The molecule has 2 heterocycles. The van der Waals surface area contributed by atoms with E-state index in [9.17, 15) is 9.59 Å². The number of benzene rings is 1. The highest BCUT2D eigenvalue weighted by Gasteiger charge is 2.37. The summed E-state index contributed by atoms with van der Waals surface area (Å²) in [6, 6.07) is 9.46. The maximum atomic E-state index is 12.9. The highest BCUT2D eigenvalue weighted by atomic mass is 16.4. The van der Waals surface area contributed by atoms with E-state index in [1.165, 1.54) is 0 Å². The van der Waals surface area contributed by atoms with E-state index in [1.807, 2.05) is 51.1 Å². The monoisotopic (exact) mass is 362 g/mol. The quantitative estimate of drug-likeness (QED) is 0.707. The standard InChI is InChI=1S/C22H22N2O3/c1-12-8-9-14-15(23-12)6-5-7-16(14)24-21(26)20-13(2)19-17(25)10-22(3,4)11-18(19)27-20/h5-9H,10-11H2,1-4H3,(H,24,26). The molecular formula is C22H22N2O3. The maximum absolute atomic E-state index is 12.9. The Hall–Kier alpha value is -2.95. The topological polar surface area (TPSA) is 72.2 Å². The average molecular weight is 362 g/mol. The van der Waals surface area contributed by atoms with E-state index < -0.39 is 0 Å². The lowest BCUT2D eigenvalue weighted by Crippen LogP contribution is -2.26. The summed E-state index contributed by atoms with van der Waals surface area (Å²) in [6.07, 6.45) is 1.12. The second kappa shape index (κ2) is 6.05. The molecule has 1 N–H and O–H groups in total. The summed E-state index contributed by atoms with van der Waals surface area (Å²) in [6.45, 7) is 7.79. The van der Waals surface area contributed by atoms with Crippen LogP contribution in [0.2, 0.25) is 0 Å². The third-order valence-electron chi connectivity index (χ3n) is 5.10. The van der Waals surface area contributed by atoms with Gasteiger partial charge < -0.3 is 9.73 Å². The largest absolute Gasteiger partial charge is 0.455 e. The van der Waals surface area contributed by atoms with Gasteiger partial charge in [0.25, 0.3) is 5.91 Å². The van der Waals surface area contributed by atoms with Crippen LogP contribution in [-0.4, -0.2) is 16.7 Å². The number of nitrogens with one attached hydrogen (secondary N) is 1. The number of aryl methyl sites for hydroxylation is 1. The number of Topliss-reactive ketones (excluding diaryl/α,β-unsaturated/α-hetero) is 1. The lowest BCUT2D eigenvalue weighted by atomic mass is 9.76. The SMILES string of the molecule is Cc1ccc2c(NC(=O)c3oc4c(c3C)C(=O)CC(C)(C)C4)cccc2n1. The second-order valence-corrected chi connectivity index (χ2v) is 8.07. The Morgan fingerprint density at radius 3 is 2.70 bits per heavy atom. The second-order valence-electron chi connectivity index (χ2n) is 8.07. The fourth-order valence-corrected chi connectivity index (χ4v) is 3.84. The summed E-state index contributed by atoms with van der Waals surface area (Å²) in [5, 5.41) is 3.79. The molecule has 0 bridgehead atoms. The van der Waals surface area contributed by atoms with E-state index in [0.717, 1.165) is 16.6 Å². The van der Waals surface area contributed by atoms with Crippen LogP contribution >= 0.6 is 0 Å². The molecule has 0 aliphatic heterocycles. The normalized spacial score (nSPS) is 15.6. The summed E-state index contributed by atoms with van der Waals surface area (Å²) in [5.74, 6) is 0.532. The molecule has 0 saturated carbocycles. The number of hydrogen-bond acceptors (Lipinski definition) is 4. The van der Waals surface area contributed by atoms with Gasteiger partial charge in [-0.25, -0.2) is 0 Å². The maximum Gasteiger partial charge on any atom is 0.291 e. The van der Waals surface area contributed by atoms with Crippen molar-refractivity contribution in [2.75, 3.05) is 5.32 Å². The molecular weight excluding hydrogens is 340 g/mol. The van der Waals surface area contributed by atoms with Crippen molar-refractivity contribution in [1.29, 1.82) is 0 Å². The minimum atomic E-state index is -0.347. The number of hydrogen-bond donors (Lipinski definition) is 1. The fraction of sp³-hybridized carbons (Fsp3) is 0.318. The number of rotatable bonds is 2. The number of carbonyl (C=O) groups is 2. The zero-order chi connectivity index (χ0) is 19.3. The zero-order valence-electron chi connectivity index (χ0n) is 16.0. The molecule has 0 saturated heterocycles. The summed E-state index contributed by atoms with van der Waals surface area (Å²) >= 11 is 0. The van der Waals surface area contributed by atoms with E-state index in [0.29, 0.717) is 35.4 Å². The molecule has 5 nitrogen and oxygen atoms in total. The van der Waals surface area contributed by atoms with Crippen molar-refractivity contribution in [3.05, 3.63) is 58.7 Å². The van der Waals surface area contributed by atoms with Crippen molar-refractivity contribution in [3.8, 4) is 0 Å². The molecule has 0 fully saturated rings. The van der Waals surface area contributed by atoms with Crippen LogP contribution in [0.3, 0.4) is 0 Å². The Morgan fingerprint density at radius 2 is 1.93 bits per heavy atom. The Labute approximate surface area is 157 Å². The van der Waals surface area contributed by atoms with Gasteiger partial charge in [-0.2, -0.15) is 0 Å². The van der Waals surface area contributed by atoms with Crippen LogP contribution in [0.1, 0.15) is 58.2 Å². The molecule has 2 aromatic heterocycles. The van der Waals surface area contributed by atoms with Crippen LogP contribution in [0, 0.1) is 19.3 Å². The van der Waals surface area contributed by atoms with E-state index in [4.69, 9.17) is 4.42 Å². The third-order valence-corrected chi connectivity index (χ3v) is 5.10. The smallest absolute Gasteiger partial charge is 0.291 e. The van der Waals surface area contributed by atoms with Gasteiger partial charge in [0.05, 0.1) is 16.8 Å². The van der Waals surface area contributed by atoms with Crippen molar-refractivity contribution in [3.63, 3.8) is 0 Å². The van der Waals surface area contributed by atoms with Crippen LogP contribution in [-0.2, 0) is 6.42 Å². The lowest BCUT2D eigenvalue weighted by molar-refractivity contribution is 0.0898. The molecule has 138 valence electrons. The first-order valence-electron chi connectivity index (χ1n) is 9.08. The molecule has 5 heteroatoms. The van der Waals surface area contributed by atoms with Gasteiger partial charge in [-0.3, -0.25) is 14.6 Å². The van der Waals surface area contributed by atoms with E-state index in [1.54, 1.807) is 6.92 Å². The number of fused-ring (bicyclic) bond motifs is 2. The van der Waals surface area contributed by atoms with Gasteiger partial charge in [0.15, 0.2) is 11.5 Å². The molecule has 0 unspecified atom stereocenters. The van der Waals surface area contributed by atoms with Gasteiger partial charge in [-0.05, 0) is 43.5 Å². The van der Waals surface area contributed by atoms with Crippen LogP contribution < -0.4 is 5.32 Å². The van der Waals surface area contributed by atoms with Gasteiger partial charge in [0.2, 0.25) is 0 Å². The molecule has 3 aromatic rings. The molecule has 0 spiro atoms. The Morgan fingerprint density at radius 1 is 1.15 bits per heavy atom. The first-order valence-corrected chi connectivity index (χ1v) is 9.08. The average Bonchev–Trinajstić information content (AvgIpc) is 2.90. The van der Waals surface area contributed by atoms with Gasteiger partial charge in [0, 0.05) is 29.5 Å². The number of furan rings is 1. The van der Waals surface area contributed by atoms with Gasteiger partial charge >= 0.3 is 0 Å². The van der Waals surface area contributed by atoms with Gasteiger partial charge in [0.1, 0.15) is 5.76 Å². The molecule has 1 amide bonds. The molecule has 27 heavy (non-hydrogen) atoms. The first kappa shape index (κ1) is 17.5. The predicted molar refractivity (Wildman–Crippen MR) is 104 cm³/mol. The molecule has 4 rings (SSSR count). The minimum Gasteiger partial charge on any atom is -0.455 e. The van der Waals surface area contributed by atoms with Crippen molar-refractivity contribution in [1.82, 2.24) is 4.98 Å². The van der Waals surface area contributed by atoms with E-state index in [2.05, 4.69) is 10.3 Å². The van der Waals surface area contributed by atoms with Crippen LogP contribution in [0.5, 0.6) is 0 Å². The molecule has 1 aliphatic carbocycles. The fourth-order valence-electron chi connectivity index (χ4n) is 3.84.